The van der Waals surface area contributed by atoms with Crippen LogP contribution >= 0.6 is 0 Å². The molecule has 0 atom stereocenters. The van der Waals surface area contributed by atoms with Crippen LogP contribution in [0.25, 0.3) is 22.3 Å². The minimum atomic E-state index is -0.198. The number of carbonyl (C=O) groups is 1. The Kier molecular flexibility index (Phi) is 5.85. The number of hydrogen-bond donors (Lipinski definition) is 4. The van der Waals surface area contributed by atoms with E-state index in [1.807, 2.05) is 30.3 Å². The number of amides is 1. The SMILES string of the molecule is COCCNC(=O)COc1ccc(-c2nnc(Nc3ccc4[nH]ncc4c3)[nH]2)cc1. The van der Waals surface area contributed by atoms with E-state index in [2.05, 4.69) is 36.0 Å². The second-order valence-corrected chi connectivity index (χ2v) is 6.48. The molecule has 0 radical (unpaired) electrons. The van der Waals surface area contributed by atoms with Crippen molar-refractivity contribution in [3.63, 3.8) is 0 Å². The minimum Gasteiger partial charge on any atom is -0.484 e. The molecule has 0 aliphatic rings. The standard InChI is InChI=1S/C20H21N7O3/c1-29-9-8-21-18(28)12-30-16-5-2-13(3-6-16)19-24-20(27-26-19)23-15-4-7-17-14(10-15)11-22-25-17/h2-7,10-11H,8-9,12H2,1H3,(H,21,28)(H,22,25)(H2,23,24,26,27). The number of rotatable bonds is 9. The maximum Gasteiger partial charge on any atom is 0.258 e. The Morgan fingerprint density at radius 1 is 1.13 bits per heavy atom. The highest BCUT2D eigenvalue weighted by Crippen LogP contribution is 2.22. The van der Waals surface area contributed by atoms with E-state index in [1.165, 1.54) is 0 Å². The molecule has 4 rings (SSSR count). The van der Waals surface area contributed by atoms with Crippen LogP contribution < -0.4 is 15.4 Å². The van der Waals surface area contributed by atoms with Gasteiger partial charge in [-0.05, 0) is 42.5 Å². The van der Waals surface area contributed by atoms with Gasteiger partial charge in [-0.2, -0.15) is 5.10 Å². The summed E-state index contributed by atoms with van der Waals surface area (Å²) in [5, 5.41) is 22.1. The van der Waals surface area contributed by atoms with Gasteiger partial charge in [0.05, 0.1) is 18.3 Å². The normalized spacial score (nSPS) is 10.8. The lowest BCUT2D eigenvalue weighted by Gasteiger charge is -2.07. The van der Waals surface area contributed by atoms with Gasteiger partial charge in [-0.15, -0.1) is 10.2 Å². The number of methoxy groups -OCH3 is 1. The third-order valence-corrected chi connectivity index (χ3v) is 4.32. The maximum absolute atomic E-state index is 11.7. The molecule has 0 aliphatic carbocycles. The molecule has 4 aromatic rings. The molecule has 4 N–H and O–H groups in total. The number of benzene rings is 2. The predicted octanol–water partition coefficient (Wildman–Crippen LogP) is 2.23. The lowest BCUT2D eigenvalue weighted by atomic mass is 10.2. The van der Waals surface area contributed by atoms with Crippen molar-refractivity contribution in [3.05, 3.63) is 48.7 Å². The lowest BCUT2D eigenvalue weighted by molar-refractivity contribution is -0.123. The summed E-state index contributed by atoms with van der Waals surface area (Å²) in [4.78, 5) is 14.8. The fourth-order valence-corrected chi connectivity index (χ4v) is 2.81. The molecular weight excluding hydrogens is 386 g/mol. The van der Waals surface area contributed by atoms with Crippen molar-refractivity contribution >= 4 is 28.4 Å². The van der Waals surface area contributed by atoms with Gasteiger partial charge in [0.2, 0.25) is 5.95 Å². The summed E-state index contributed by atoms with van der Waals surface area (Å²) in [5.74, 6) is 1.54. The molecule has 1 amide bonds. The molecule has 0 unspecified atom stereocenters. The summed E-state index contributed by atoms with van der Waals surface area (Å²) in [6, 6.07) is 13.1. The third kappa shape index (κ3) is 4.73. The van der Waals surface area contributed by atoms with Gasteiger partial charge >= 0.3 is 0 Å². The zero-order valence-electron chi connectivity index (χ0n) is 16.3. The molecule has 0 fully saturated rings. The fourth-order valence-electron chi connectivity index (χ4n) is 2.81. The van der Waals surface area contributed by atoms with Crippen LogP contribution in [0, 0.1) is 0 Å². The minimum absolute atomic E-state index is 0.0551. The molecular formula is C20H21N7O3. The Hall–Kier alpha value is -3.92. The number of aromatic nitrogens is 5. The van der Waals surface area contributed by atoms with E-state index in [1.54, 1.807) is 25.4 Å². The Morgan fingerprint density at radius 3 is 2.83 bits per heavy atom. The molecule has 0 aliphatic heterocycles. The van der Waals surface area contributed by atoms with Crippen molar-refractivity contribution in [1.29, 1.82) is 0 Å². The van der Waals surface area contributed by atoms with E-state index in [0.29, 0.717) is 30.7 Å². The lowest BCUT2D eigenvalue weighted by Crippen LogP contribution is -2.31. The van der Waals surface area contributed by atoms with Crippen LogP contribution in [0.5, 0.6) is 5.75 Å². The first-order valence-electron chi connectivity index (χ1n) is 9.33. The number of H-pyrrole nitrogens is 2. The summed E-state index contributed by atoms with van der Waals surface area (Å²) in [6.45, 7) is 0.863. The molecule has 2 aromatic heterocycles. The highest BCUT2D eigenvalue weighted by atomic mass is 16.5. The Balaban J connectivity index is 1.34. The molecule has 0 spiro atoms. The largest absolute Gasteiger partial charge is 0.484 e. The first-order valence-corrected chi connectivity index (χ1v) is 9.33. The molecule has 0 saturated heterocycles. The van der Waals surface area contributed by atoms with Crippen LogP contribution in [0.1, 0.15) is 0 Å². The van der Waals surface area contributed by atoms with Crippen LogP contribution in [-0.4, -0.2) is 58.2 Å². The molecule has 0 bridgehead atoms. The van der Waals surface area contributed by atoms with Gasteiger partial charge in [-0.1, -0.05) is 0 Å². The molecule has 2 aromatic carbocycles. The van der Waals surface area contributed by atoms with E-state index in [-0.39, 0.29) is 12.5 Å². The van der Waals surface area contributed by atoms with Gasteiger partial charge in [0.25, 0.3) is 5.91 Å². The average molecular weight is 407 g/mol. The molecule has 2 heterocycles. The van der Waals surface area contributed by atoms with Crippen molar-refractivity contribution in [2.45, 2.75) is 0 Å². The third-order valence-electron chi connectivity index (χ3n) is 4.32. The number of aromatic amines is 2. The number of ether oxygens (including phenoxy) is 2. The smallest absolute Gasteiger partial charge is 0.258 e. The van der Waals surface area contributed by atoms with Crippen molar-refractivity contribution in [2.24, 2.45) is 0 Å². The second-order valence-electron chi connectivity index (χ2n) is 6.48. The molecule has 10 nitrogen and oxygen atoms in total. The zero-order chi connectivity index (χ0) is 20.8. The fraction of sp³-hybridized carbons (Fsp3) is 0.200. The number of fused-ring (bicyclic) bond motifs is 1. The van der Waals surface area contributed by atoms with Gasteiger partial charge in [0.1, 0.15) is 5.75 Å². The molecule has 30 heavy (non-hydrogen) atoms. The van der Waals surface area contributed by atoms with E-state index in [4.69, 9.17) is 9.47 Å². The van der Waals surface area contributed by atoms with Gasteiger partial charge in [-0.25, -0.2) is 0 Å². The monoisotopic (exact) mass is 407 g/mol. The van der Waals surface area contributed by atoms with Gasteiger partial charge in [-0.3, -0.25) is 9.89 Å². The average Bonchev–Trinajstić information content (AvgIpc) is 3.42. The zero-order valence-corrected chi connectivity index (χ0v) is 16.3. The van der Waals surface area contributed by atoms with Crippen molar-refractivity contribution < 1.29 is 14.3 Å². The predicted molar refractivity (Wildman–Crippen MR) is 112 cm³/mol. The first-order chi connectivity index (χ1) is 14.7. The topological polar surface area (TPSA) is 130 Å². The van der Waals surface area contributed by atoms with Crippen LogP contribution in [0.4, 0.5) is 11.6 Å². The quantitative estimate of drug-likeness (QED) is 0.313. The van der Waals surface area contributed by atoms with Crippen molar-refractivity contribution in [3.8, 4) is 17.1 Å². The van der Waals surface area contributed by atoms with Crippen LogP contribution in [-0.2, 0) is 9.53 Å². The molecule has 10 heteroatoms. The van der Waals surface area contributed by atoms with E-state index in [0.717, 1.165) is 22.2 Å². The number of hydrogen-bond acceptors (Lipinski definition) is 7. The van der Waals surface area contributed by atoms with E-state index >= 15 is 0 Å². The van der Waals surface area contributed by atoms with Crippen molar-refractivity contribution in [2.75, 3.05) is 32.2 Å². The first kappa shape index (κ1) is 19.4. The Labute approximate surface area is 172 Å². The van der Waals surface area contributed by atoms with Gasteiger partial charge < -0.3 is 25.1 Å². The summed E-state index contributed by atoms with van der Waals surface area (Å²) in [6.07, 6.45) is 1.76. The van der Waals surface area contributed by atoms with Crippen LogP contribution in [0.15, 0.2) is 48.7 Å². The van der Waals surface area contributed by atoms with Crippen LogP contribution in [0.3, 0.4) is 0 Å². The van der Waals surface area contributed by atoms with Gasteiger partial charge in [0, 0.05) is 30.3 Å². The number of nitrogens with one attached hydrogen (secondary N) is 4. The highest BCUT2D eigenvalue weighted by Gasteiger charge is 2.08. The van der Waals surface area contributed by atoms with Gasteiger partial charge in [0.15, 0.2) is 12.4 Å². The summed E-state index contributed by atoms with van der Waals surface area (Å²) < 4.78 is 10.4. The Morgan fingerprint density at radius 2 is 2.00 bits per heavy atom. The summed E-state index contributed by atoms with van der Waals surface area (Å²) in [7, 11) is 1.58. The highest BCUT2D eigenvalue weighted by molar-refractivity contribution is 5.82. The number of anilines is 2. The Bertz CT molecular complexity index is 1120. The van der Waals surface area contributed by atoms with E-state index < -0.39 is 0 Å². The second kappa shape index (κ2) is 9.05. The molecule has 154 valence electrons. The van der Waals surface area contributed by atoms with E-state index in [9.17, 15) is 4.79 Å². The number of nitrogens with zero attached hydrogens (tertiary/aromatic N) is 3. The molecule has 0 saturated carbocycles. The van der Waals surface area contributed by atoms with Crippen molar-refractivity contribution in [1.82, 2.24) is 30.7 Å². The number of carbonyl (C=O) groups excluding carboxylic acids is 1. The summed E-state index contributed by atoms with van der Waals surface area (Å²) >= 11 is 0. The maximum atomic E-state index is 11.7. The van der Waals surface area contributed by atoms with Crippen LogP contribution in [0.2, 0.25) is 0 Å². The summed E-state index contributed by atoms with van der Waals surface area (Å²) in [5.41, 5.74) is 2.69.